The van der Waals surface area contributed by atoms with Gasteiger partial charge in [-0.1, -0.05) is 72.3 Å². The molecule has 36 heavy (non-hydrogen) atoms. The van der Waals surface area contributed by atoms with Gasteiger partial charge in [0, 0.05) is 10.6 Å². The lowest BCUT2D eigenvalue weighted by molar-refractivity contribution is -0.123. The number of imide groups is 1. The van der Waals surface area contributed by atoms with Crippen molar-refractivity contribution in [3.63, 3.8) is 0 Å². The highest BCUT2D eigenvalue weighted by atomic mass is 35.5. The fraction of sp³-hybridized carbons (Fsp3) is 0.0357. The SMILES string of the molecule is O=C(Oc1ccccc1/C=C1\SC(=O)N(Cc2ccc(F)cc2Cl)C1=O)c1cccc2ccccc12. The lowest BCUT2D eigenvalue weighted by Gasteiger charge is -2.13. The molecule has 5 rings (SSSR count). The van der Waals surface area contributed by atoms with Crippen LogP contribution in [0.25, 0.3) is 16.8 Å². The van der Waals surface area contributed by atoms with Crippen molar-refractivity contribution in [3.8, 4) is 5.75 Å². The molecule has 1 aliphatic heterocycles. The number of hydrogen-bond donors (Lipinski definition) is 0. The van der Waals surface area contributed by atoms with E-state index < -0.39 is 22.9 Å². The van der Waals surface area contributed by atoms with Gasteiger partial charge in [-0.05, 0) is 58.4 Å². The normalized spacial score (nSPS) is 14.6. The third kappa shape index (κ3) is 4.76. The standard InChI is InChI=1S/C28H17ClFNO4S/c29-23-15-20(30)13-12-19(23)16-31-26(32)25(36-28(31)34)14-18-7-2-4-11-24(18)35-27(33)22-10-5-8-17-6-1-3-9-21(17)22/h1-15H,16H2/b25-14-. The second kappa shape index (κ2) is 9.97. The Bertz CT molecular complexity index is 1560. The van der Waals surface area contributed by atoms with Crippen LogP contribution in [0.15, 0.2) is 89.8 Å². The second-order valence-electron chi connectivity index (χ2n) is 7.96. The van der Waals surface area contributed by atoms with Crippen molar-refractivity contribution in [2.45, 2.75) is 6.54 Å². The molecule has 1 aliphatic rings. The summed E-state index contributed by atoms with van der Waals surface area (Å²) in [7, 11) is 0. The molecule has 2 amide bonds. The Labute approximate surface area is 215 Å². The van der Waals surface area contributed by atoms with E-state index in [4.69, 9.17) is 16.3 Å². The van der Waals surface area contributed by atoms with E-state index >= 15 is 0 Å². The predicted octanol–water partition coefficient (Wildman–Crippen LogP) is 7.09. The zero-order chi connectivity index (χ0) is 25.2. The molecule has 5 nitrogen and oxygen atoms in total. The third-order valence-electron chi connectivity index (χ3n) is 5.63. The molecule has 8 heteroatoms. The molecule has 0 aromatic heterocycles. The van der Waals surface area contributed by atoms with E-state index in [0.29, 0.717) is 16.7 Å². The highest BCUT2D eigenvalue weighted by Gasteiger charge is 2.35. The van der Waals surface area contributed by atoms with Crippen LogP contribution in [-0.2, 0) is 11.3 Å². The molecule has 1 saturated heterocycles. The van der Waals surface area contributed by atoms with Crippen molar-refractivity contribution < 1.29 is 23.5 Å². The maximum atomic E-state index is 13.4. The number of halogens is 2. The molecular weight excluding hydrogens is 501 g/mol. The zero-order valence-corrected chi connectivity index (χ0v) is 20.2. The van der Waals surface area contributed by atoms with E-state index in [9.17, 15) is 18.8 Å². The first-order valence-corrected chi connectivity index (χ1v) is 12.1. The monoisotopic (exact) mass is 517 g/mol. The van der Waals surface area contributed by atoms with E-state index in [2.05, 4.69) is 0 Å². The van der Waals surface area contributed by atoms with Crippen LogP contribution in [0.2, 0.25) is 5.02 Å². The molecule has 0 bridgehead atoms. The van der Waals surface area contributed by atoms with Crippen LogP contribution < -0.4 is 4.74 Å². The van der Waals surface area contributed by atoms with Crippen LogP contribution in [0.5, 0.6) is 5.75 Å². The molecule has 4 aromatic carbocycles. The average molecular weight is 518 g/mol. The smallest absolute Gasteiger partial charge is 0.344 e. The number of rotatable bonds is 5. The molecule has 0 radical (unpaired) electrons. The number of nitrogens with zero attached hydrogens (tertiary/aromatic N) is 1. The van der Waals surface area contributed by atoms with Gasteiger partial charge in [0.2, 0.25) is 0 Å². The number of esters is 1. The summed E-state index contributed by atoms with van der Waals surface area (Å²) in [5, 5.41) is 1.33. The predicted molar refractivity (Wildman–Crippen MR) is 138 cm³/mol. The fourth-order valence-electron chi connectivity index (χ4n) is 3.85. The van der Waals surface area contributed by atoms with Gasteiger partial charge < -0.3 is 4.74 Å². The minimum atomic E-state index is -0.535. The summed E-state index contributed by atoms with van der Waals surface area (Å²) in [5.74, 6) is -1.30. The van der Waals surface area contributed by atoms with Gasteiger partial charge in [0.25, 0.3) is 11.1 Å². The van der Waals surface area contributed by atoms with Crippen molar-refractivity contribution in [1.82, 2.24) is 4.90 Å². The Balaban J connectivity index is 1.40. The summed E-state index contributed by atoms with van der Waals surface area (Å²) < 4.78 is 19.1. The van der Waals surface area contributed by atoms with Gasteiger partial charge in [-0.2, -0.15) is 0 Å². The molecule has 0 unspecified atom stereocenters. The summed E-state index contributed by atoms with van der Waals surface area (Å²) in [6, 6.07) is 23.4. The van der Waals surface area contributed by atoms with E-state index in [0.717, 1.165) is 33.5 Å². The topological polar surface area (TPSA) is 63.7 Å². The molecule has 0 atom stereocenters. The van der Waals surface area contributed by atoms with Gasteiger partial charge in [0.15, 0.2) is 0 Å². The first-order chi connectivity index (χ1) is 17.4. The van der Waals surface area contributed by atoms with Gasteiger partial charge >= 0.3 is 5.97 Å². The maximum Gasteiger partial charge on any atom is 0.344 e. The van der Waals surface area contributed by atoms with Crippen molar-refractivity contribution in [2.75, 3.05) is 0 Å². The van der Waals surface area contributed by atoms with Crippen molar-refractivity contribution in [1.29, 1.82) is 0 Å². The second-order valence-corrected chi connectivity index (χ2v) is 9.36. The minimum absolute atomic E-state index is 0.0845. The highest BCUT2D eigenvalue weighted by Crippen LogP contribution is 2.36. The molecule has 178 valence electrons. The number of carbonyl (C=O) groups is 3. The number of ether oxygens (including phenoxy) is 1. The zero-order valence-electron chi connectivity index (χ0n) is 18.6. The Morgan fingerprint density at radius 3 is 2.56 bits per heavy atom. The number of amides is 2. The average Bonchev–Trinajstić information content (AvgIpc) is 3.13. The molecule has 1 fully saturated rings. The number of benzene rings is 4. The molecule has 1 heterocycles. The Hall–Kier alpha value is -3.94. The lowest BCUT2D eigenvalue weighted by Crippen LogP contribution is -2.27. The number of thioether (sulfide) groups is 1. The first-order valence-electron chi connectivity index (χ1n) is 10.9. The largest absolute Gasteiger partial charge is 0.422 e. The molecule has 4 aromatic rings. The van der Waals surface area contributed by atoms with Gasteiger partial charge in [0.1, 0.15) is 11.6 Å². The number of para-hydroxylation sites is 1. The quantitative estimate of drug-likeness (QED) is 0.161. The summed E-state index contributed by atoms with van der Waals surface area (Å²) in [5.41, 5.74) is 1.34. The van der Waals surface area contributed by atoms with E-state index in [1.54, 1.807) is 36.4 Å². The van der Waals surface area contributed by atoms with Gasteiger partial charge in [-0.25, -0.2) is 9.18 Å². The number of hydrogen-bond acceptors (Lipinski definition) is 5. The Kier molecular flexibility index (Phi) is 6.59. The molecule has 0 N–H and O–H groups in total. The van der Waals surface area contributed by atoms with E-state index in [1.165, 1.54) is 18.2 Å². The van der Waals surface area contributed by atoms with Crippen LogP contribution in [0, 0.1) is 5.82 Å². The van der Waals surface area contributed by atoms with Crippen molar-refractivity contribution >= 4 is 57.3 Å². The molecule has 0 aliphatic carbocycles. The van der Waals surface area contributed by atoms with Gasteiger partial charge in [0.05, 0.1) is 17.0 Å². The van der Waals surface area contributed by atoms with Crippen LogP contribution in [0.1, 0.15) is 21.5 Å². The number of carbonyl (C=O) groups excluding carboxylic acids is 3. The molecule has 0 spiro atoms. The molecule has 0 saturated carbocycles. The van der Waals surface area contributed by atoms with Crippen LogP contribution in [0.4, 0.5) is 9.18 Å². The summed E-state index contributed by atoms with van der Waals surface area (Å²) in [6.45, 7) is -0.0845. The Morgan fingerprint density at radius 1 is 0.972 bits per heavy atom. The van der Waals surface area contributed by atoms with Crippen molar-refractivity contribution in [2.24, 2.45) is 0 Å². The van der Waals surface area contributed by atoms with E-state index in [-0.39, 0.29) is 22.2 Å². The van der Waals surface area contributed by atoms with Crippen LogP contribution in [-0.4, -0.2) is 22.0 Å². The Morgan fingerprint density at radius 2 is 1.72 bits per heavy atom. The van der Waals surface area contributed by atoms with E-state index in [1.807, 2.05) is 30.3 Å². The summed E-state index contributed by atoms with van der Waals surface area (Å²) >= 11 is 6.84. The third-order valence-corrected chi connectivity index (χ3v) is 6.89. The fourth-order valence-corrected chi connectivity index (χ4v) is 4.90. The first kappa shape index (κ1) is 23.8. The highest BCUT2D eigenvalue weighted by molar-refractivity contribution is 8.18. The summed E-state index contributed by atoms with van der Waals surface area (Å²) in [4.78, 5) is 39.8. The lowest BCUT2D eigenvalue weighted by atomic mass is 10.0. The maximum absolute atomic E-state index is 13.4. The van der Waals surface area contributed by atoms with Gasteiger partial charge in [-0.3, -0.25) is 14.5 Å². The van der Waals surface area contributed by atoms with Crippen LogP contribution in [0.3, 0.4) is 0 Å². The number of fused-ring (bicyclic) bond motifs is 1. The van der Waals surface area contributed by atoms with Crippen molar-refractivity contribution in [3.05, 3.63) is 117 Å². The van der Waals surface area contributed by atoms with Crippen LogP contribution >= 0.6 is 23.4 Å². The minimum Gasteiger partial charge on any atom is -0.422 e. The van der Waals surface area contributed by atoms with Gasteiger partial charge in [-0.15, -0.1) is 0 Å². The molecular formula is C28H17ClFNO4S. The summed E-state index contributed by atoms with van der Waals surface area (Å²) in [6.07, 6.45) is 1.52.